The number of para-hydroxylation sites is 1. The first kappa shape index (κ1) is 17.8. The zero-order valence-electron chi connectivity index (χ0n) is 15.4. The summed E-state index contributed by atoms with van der Waals surface area (Å²) in [5.74, 6) is 0. The van der Waals surface area contributed by atoms with Crippen LogP contribution < -0.4 is 5.32 Å². The summed E-state index contributed by atoms with van der Waals surface area (Å²) in [6, 6.07) is 27.5. The summed E-state index contributed by atoms with van der Waals surface area (Å²) in [5.41, 5.74) is 4.98. The molecule has 0 bridgehead atoms. The molecule has 3 heteroatoms. The van der Waals surface area contributed by atoms with Crippen molar-refractivity contribution in [2.24, 2.45) is 0 Å². The number of benzene rings is 3. The largest absolute Gasteiger partial charge is 0.343 e. The first-order valence-corrected chi connectivity index (χ1v) is 9.68. The van der Waals surface area contributed by atoms with Gasteiger partial charge in [0.2, 0.25) is 0 Å². The Morgan fingerprint density at radius 2 is 1.56 bits per heavy atom. The van der Waals surface area contributed by atoms with Crippen LogP contribution in [0.15, 0.2) is 85.1 Å². The lowest BCUT2D eigenvalue weighted by molar-refractivity contribution is 0.575. The van der Waals surface area contributed by atoms with Crippen LogP contribution in [0.3, 0.4) is 0 Å². The van der Waals surface area contributed by atoms with Crippen LogP contribution in [0.25, 0.3) is 10.9 Å². The van der Waals surface area contributed by atoms with Gasteiger partial charge in [-0.25, -0.2) is 0 Å². The van der Waals surface area contributed by atoms with E-state index < -0.39 is 0 Å². The van der Waals surface area contributed by atoms with Crippen molar-refractivity contribution in [1.29, 1.82) is 0 Å². The van der Waals surface area contributed by atoms with Crippen LogP contribution >= 0.6 is 11.6 Å². The molecular formula is C24H23ClN2. The molecule has 136 valence electrons. The number of nitrogens with one attached hydrogen (secondary N) is 1. The molecule has 1 heterocycles. The molecule has 4 rings (SSSR count). The van der Waals surface area contributed by atoms with Crippen molar-refractivity contribution in [2.75, 3.05) is 0 Å². The molecule has 0 aliphatic carbocycles. The van der Waals surface area contributed by atoms with Gasteiger partial charge >= 0.3 is 0 Å². The Balaban J connectivity index is 1.59. The van der Waals surface area contributed by atoms with E-state index in [1.165, 1.54) is 22.0 Å². The minimum absolute atomic E-state index is 0.303. The Kier molecular flexibility index (Phi) is 5.28. The van der Waals surface area contributed by atoms with Crippen molar-refractivity contribution in [3.8, 4) is 0 Å². The van der Waals surface area contributed by atoms with Crippen molar-refractivity contribution in [3.63, 3.8) is 0 Å². The molecule has 0 saturated carbocycles. The molecule has 0 amide bonds. The van der Waals surface area contributed by atoms with E-state index in [1.54, 1.807) is 0 Å². The number of fused-ring (bicyclic) bond motifs is 1. The summed E-state index contributed by atoms with van der Waals surface area (Å²) in [6.45, 7) is 3.80. The number of halogens is 1. The molecule has 0 saturated heterocycles. The Labute approximate surface area is 165 Å². The van der Waals surface area contributed by atoms with Crippen LogP contribution in [0.4, 0.5) is 0 Å². The van der Waals surface area contributed by atoms with Crippen molar-refractivity contribution in [1.82, 2.24) is 9.88 Å². The smallest absolute Gasteiger partial charge is 0.0491 e. The van der Waals surface area contributed by atoms with Gasteiger partial charge in [-0.05, 0) is 35.7 Å². The maximum atomic E-state index is 6.38. The van der Waals surface area contributed by atoms with E-state index in [1.807, 2.05) is 18.2 Å². The average Bonchev–Trinajstić information content (AvgIpc) is 3.06. The highest BCUT2D eigenvalue weighted by atomic mass is 35.5. The van der Waals surface area contributed by atoms with Gasteiger partial charge in [-0.3, -0.25) is 0 Å². The van der Waals surface area contributed by atoms with E-state index in [4.69, 9.17) is 11.6 Å². The van der Waals surface area contributed by atoms with Crippen LogP contribution in [0.2, 0.25) is 5.02 Å². The molecule has 3 aromatic carbocycles. The number of aromatic nitrogens is 1. The van der Waals surface area contributed by atoms with E-state index in [0.717, 1.165) is 23.7 Å². The summed E-state index contributed by atoms with van der Waals surface area (Å²) in [4.78, 5) is 0. The standard InChI is InChI=1S/C24H23ClN2/c1-18(19-9-3-2-4-10-19)26-15-21-17-27(24-14-8-6-12-22(21)24)16-20-11-5-7-13-23(20)25/h2-14,17-18,26H,15-16H2,1H3/t18-/m1/s1. The molecule has 27 heavy (non-hydrogen) atoms. The van der Waals surface area contributed by atoms with Gasteiger partial charge in [-0.2, -0.15) is 0 Å². The van der Waals surface area contributed by atoms with Crippen molar-refractivity contribution in [3.05, 3.63) is 107 Å². The van der Waals surface area contributed by atoms with E-state index in [0.29, 0.717) is 6.04 Å². The predicted octanol–water partition coefficient (Wildman–Crippen LogP) is 6.19. The lowest BCUT2D eigenvalue weighted by Crippen LogP contribution is -2.17. The third-order valence-electron chi connectivity index (χ3n) is 5.07. The quantitative estimate of drug-likeness (QED) is 0.425. The molecule has 1 atom stereocenters. The van der Waals surface area contributed by atoms with Gasteiger partial charge in [0, 0.05) is 41.3 Å². The molecule has 0 aliphatic heterocycles. The molecule has 0 radical (unpaired) electrons. The van der Waals surface area contributed by atoms with Gasteiger partial charge in [-0.15, -0.1) is 0 Å². The van der Waals surface area contributed by atoms with E-state index >= 15 is 0 Å². The van der Waals surface area contributed by atoms with Crippen LogP contribution in [-0.2, 0) is 13.1 Å². The predicted molar refractivity (Wildman–Crippen MR) is 114 cm³/mol. The van der Waals surface area contributed by atoms with Gasteiger partial charge in [0.1, 0.15) is 0 Å². The molecule has 1 N–H and O–H groups in total. The highest BCUT2D eigenvalue weighted by Gasteiger charge is 2.11. The lowest BCUT2D eigenvalue weighted by atomic mass is 10.1. The Morgan fingerprint density at radius 1 is 0.852 bits per heavy atom. The van der Waals surface area contributed by atoms with Gasteiger partial charge in [0.05, 0.1) is 0 Å². The first-order valence-electron chi connectivity index (χ1n) is 9.31. The maximum Gasteiger partial charge on any atom is 0.0491 e. The normalized spacial score (nSPS) is 12.4. The van der Waals surface area contributed by atoms with Gasteiger partial charge in [0.15, 0.2) is 0 Å². The number of hydrogen-bond donors (Lipinski definition) is 1. The van der Waals surface area contributed by atoms with E-state index in [-0.39, 0.29) is 0 Å². The highest BCUT2D eigenvalue weighted by Crippen LogP contribution is 2.25. The molecule has 2 nitrogen and oxygen atoms in total. The van der Waals surface area contributed by atoms with E-state index in [9.17, 15) is 0 Å². The second-order valence-corrected chi connectivity index (χ2v) is 7.31. The summed E-state index contributed by atoms with van der Waals surface area (Å²) in [7, 11) is 0. The number of nitrogens with zero attached hydrogens (tertiary/aromatic N) is 1. The molecule has 0 unspecified atom stereocenters. The van der Waals surface area contributed by atoms with Gasteiger partial charge in [-0.1, -0.05) is 78.3 Å². The first-order chi connectivity index (χ1) is 13.2. The third-order valence-corrected chi connectivity index (χ3v) is 5.44. The molecule has 1 aromatic heterocycles. The highest BCUT2D eigenvalue weighted by molar-refractivity contribution is 6.31. The molecule has 4 aromatic rings. The second-order valence-electron chi connectivity index (χ2n) is 6.90. The fourth-order valence-electron chi connectivity index (χ4n) is 3.53. The number of hydrogen-bond acceptors (Lipinski definition) is 1. The Bertz CT molecular complexity index is 1040. The fraction of sp³-hybridized carbons (Fsp3) is 0.167. The monoisotopic (exact) mass is 374 g/mol. The Morgan fingerprint density at radius 3 is 2.37 bits per heavy atom. The fourth-order valence-corrected chi connectivity index (χ4v) is 3.72. The maximum absolute atomic E-state index is 6.38. The van der Waals surface area contributed by atoms with Crippen molar-refractivity contribution < 1.29 is 0 Å². The molecular weight excluding hydrogens is 352 g/mol. The van der Waals surface area contributed by atoms with Crippen LogP contribution in [-0.4, -0.2) is 4.57 Å². The summed E-state index contributed by atoms with van der Waals surface area (Å²) < 4.78 is 2.29. The minimum atomic E-state index is 0.303. The zero-order chi connectivity index (χ0) is 18.6. The second kappa shape index (κ2) is 7.99. The number of rotatable bonds is 6. The van der Waals surface area contributed by atoms with Crippen LogP contribution in [0, 0.1) is 0 Å². The van der Waals surface area contributed by atoms with Gasteiger partial charge < -0.3 is 9.88 Å². The molecule has 0 spiro atoms. The topological polar surface area (TPSA) is 17.0 Å². The average molecular weight is 375 g/mol. The lowest BCUT2D eigenvalue weighted by Gasteiger charge is -2.13. The van der Waals surface area contributed by atoms with Crippen molar-refractivity contribution in [2.45, 2.75) is 26.1 Å². The zero-order valence-corrected chi connectivity index (χ0v) is 16.2. The summed E-state index contributed by atoms with van der Waals surface area (Å²) >= 11 is 6.38. The van der Waals surface area contributed by atoms with Crippen LogP contribution in [0.1, 0.15) is 29.7 Å². The van der Waals surface area contributed by atoms with E-state index in [2.05, 4.69) is 83.7 Å². The van der Waals surface area contributed by atoms with Gasteiger partial charge in [0.25, 0.3) is 0 Å². The summed E-state index contributed by atoms with van der Waals surface area (Å²) in [6.07, 6.45) is 2.25. The minimum Gasteiger partial charge on any atom is -0.343 e. The Hall–Kier alpha value is -2.55. The summed E-state index contributed by atoms with van der Waals surface area (Å²) in [5, 5.41) is 5.76. The van der Waals surface area contributed by atoms with Crippen LogP contribution in [0.5, 0.6) is 0 Å². The van der Waals surface area contributed by atoms with Crippen molar-refractivity contribution >= 4 is 22.5 Å². The SMILES string of the molecule is C[C@@H](NCc1cn(Cc2ccccc2Cl)c2ccccc12)c1ccccc1. The molecule has 0 fully saturated rings. The third kappa shape index (κ3) is 3.92. The molecule has 0 aliphatic rings.